The summed E-state index contributed by atoms with van der Waals surface area (Å²) in [5.41, 5.74) is 1.85. The fourth-order valence-electron chi connectivity index (χ4n) is 3.20. The minimum Gasteiger partial charge on any atom is -0.506 e. The zero-order valence-corrected chi connectivity index (χ0v) is 15.0. The normalized spacial score (nSPS) is 14.6. The Morgan fingerprint density at radius 3 is 2.56 bits per heavy atom. The van der Waals surface area contributed by atoms with E-state index in [0.29, 0.717) is 30.9 Å². The summed E-state index contributed by atoms with van der Waals surface area (Å²) >= 11 is 0. The summed E-state index contributed by atoms with van der Waals surface area (Å²) in [5.74, 6) is -1.17. The molecule has 2 aromatic carbocycles. The van der Waals surface area contributed by atoms with Gasteiger partial charge in [0.1, 0.15) is 11.6 Å². The molecule has 2 aromatic rings. The fraction of sp³-hybridized carbons (Fsp3) is 0.300. The molecule has 6 nitrogen and oxygen atoms in total. The predicted octanol–water partition coefficient (Wildman–Crippen LogP) is 2.51. The van der Waals surface area contributed by atoms with Gasteiger partial charge in [0.2, 0.25) is 0 Å². The summed E-state index contributed by atoms with van der Waals surface area (Å²) in [6, 6.07) is 11.5. The highest BCUT2D eigenvalue weighted by atomic mass is 19.1. The molecule has 0 unspecified atom stereocenters. The maximum atomic E-state index is 14.1. The Morgan fingerprint density at radius 1 is 1.22 bits per heavy atom. The van der Waals surface area contributed by atoms with Crippen molar-refractivity contribution in [1.82, 2.24) is 4.90 Å². The van der Waals surface area contributed by atoms with Crippen LogP contribution in [0, 0.1) is 17.1 Å². The van der Waals surface area contributed by atoms with Gasteiger partial charge in [-0.3, -0.25) is 4.90 Å². The van der Waals surface area contributed by atoms with Gasteiger partial charge in [-0.25, -0.2) is 9.18 Å². The number of phenols is 1. The lowest BCUT2D eigenvalue weighted by molar-refractivity contribution is 0.0595. The molecule has 140 valence electrons. The Hall–Kier alpha value is -3.11. The number of aromatic hydroxyl groups is 1. The maximum Gasteiger partial charge on any atom is 0.340 e. The molecule has 0 aliphatic carbocycles. The summed E-state index contributed by atoms with van der Waals surface area (Å²) < 4.78 is 18.6. The molecule has 0 radical (unpaired) electrons. The van der Waals surface area contributed by atoms with Crippen LogP contribution < -0.4 is 4.90 Å². The largest absolute Gasteiger partial charge is 0.506 e. The number of carbonyl (C=O) groups excluding carboxylic acids is 1. The number of rotatable bonds is 4. The van der Waals surface area contributed by atoms with Crippen molar-refractivity contribution < 1.29 is 19.0 Å². The van der Waals surface area contributed by atoms with Crippen LogP contribution in [0.15, 0.2) is 36.4 Å². The van der Waals surface area contributed by atoms with Crippen molar-refractivity contribution in [2.75, 3.05) is 38.2 Å². The van der Waals surface area contributed by atoms with Crippen LogP contribution in [0.4, 0.5) is 10.1 Å². The Morgan fingerprint density at radius 2 is 1.96 bits per heavy atom. The van der Waals surface area contributed by atoms with Crippen molar-refractivity contribution in [3.8, 4) is 11.8 Å². The topological polar surface area (TPSA) is 76.8 Å². The minimum absolute atomic E-state index is 0.0673. The number of hydrogen-bond donors (Lipinski definition) is 1. The van der Waals surface area contributed by atoms with Crippen LogP contribution in [-0.2, 0) is 11.3 Å². The number of nitrogens with zero attached hydrogens (tertiary/aromatic N) is 3. The summed E-state index contributed by atoms with van der Waals surface area (Å²) in [6.07, 6.45) is 0. The summed E-state index contributed by atoms with van der Waals surface area (Å²) in [7, 11) is 1.22. The number of halogens is 1. The van der Waals surface area contributed by atoms with Crippen molar-refractivity contribution in [3.63, 3.8) is 0 Å². The number of ether oxygens (including phenoxy) is 1. The quantitative estimate of drug-likeness (QED) is 0.835. The van der Waals surface area contributed by atoms with E-state index in [0.717, 1.165) is 18.7 Å². The first-order valence-corrected chi connectivity index (χ1v) is 8.59. The van der Waals surface area contributed by atoms with E-state index in [1.54, 1.807) is 18.2 Å². The average molecular weight is 369 g/mol. The number of piperazine rings is 1. The first-order valence-electron chi connectivity index (χ1n) is 8.59. The van der Waals surface area contributed by atoms with Gasteiger partial charge in [-0.05, 0) is 35.9 Å². The van der Waals surface area contributed by atoms with Crippen molar-refractivity contribution in [1.29, 1.82) is 5.26 Å². The number of phenolic OH excluding ortho intramolecular Hbond substituents is 1. The van der Waals surface area contributed by atoms with Gasteiger partial charge in [0.25, 0.3) is 0 Å². The number of methoxy groups -OCH3 is 1. The minimum atomic E-state index is -0.685. The van der Waals surface area contributed by atoms with Crippen LogP contribution in [0.2, 0.25) is 0 Å². The van der Waals surface area contributed by atoms with Gasteiger partial charge in [0.05, 0.1) is 30.0 Å². The van der Waals surface area contributed by atoms with Crippen LogP contribution in [0.3, 0.4) is 0 Å². The zero-order chi connectivity index (χ0) is 19.4. The van der Waals surface area contributed by atoms with Gasteiger partial charge in [0, 0.05) is 32.7 Å². The summed E-state index contributed by atoms with van der Waals surface area (Å²) in [4.78, 5) is 15.7. The van der Waals surface area contributed by atoms with Crippen molar-refractivity contribution in [2.24, 2.45) is 0 Å². The summed E-state index contributed by atoms with van der Waals surface area (Å²) in [5, 5.41) is 19.0. The second-order valence-electron chi connectivity index (χ2n) is 6.38. The van der Waals surface area contributed by atoms with Gasteiger partial charge in [-0.1, -0.05) is 6.07 Å². The molecule has 1 heterocycles. The third-order valence-electron chi connectivity index (χ3n) is 4.66. The molecule has 3 rings (SSSR count). The smallest absolute Gasteiger partial charge is 0.340 e. The average Bonchev–Trinajstić information content (AvgIpc) is 2.68. The number of hydrogen-bond acceptors (Lipinski definition) is 6. The zero-order valence-electron chi connectivity index (χ0n) is 15.0. The van der Waals surface area contributed by atoms with E-state index in [1.165, 1.54) is 25.3 Å². The lowest BCUT2D eigenvalue weighted by atomic mass is 10.1. The standard InChI is InChI=1S/C20H20FN3O3/c1-27-20(26)16-4-2-15(10-17(16)21)13-23-6-8-24(9-7-23)18-5-3-14(12-22)11-19(18)25/h2-5,10-11,25H,6-9,13H2,1H3. The van der Waals surface area contributed by atoms with E-state index in [2.05, 4.69) is 14.5 Å². The molecule has 7 heteroatoms. The molecule has 0 spiro atoms. The molecule has 1 N–H and O–H groups in total. The number of esters is 1. The second-order valence-corrected chi connectivity index (χ2v) is 6.38. The van der Waals surface area contributed by atoms with Crippen LogP contribution in [0.5, 0.6) is 5.75 Å². The first-order chi connectivity index (χ1) is 13.0. The highest BCUT2D eigenvalue weighted by Gasteiger charge is 2.20. The van der Waals surface area contributed by atoms with Gasteiger partial charge >= 0.3 is 5.97 Å². The Balaban J connectivity index is 1.61. The molecule has 0 bridgehead atoms. The number of carbonyl (C=O) groups is 1. The Bertz CT molecular complexity index is 887. The van der Waals surface area contributed by atoms with E-state index in [4.69, 9.17) is 5.26 Å². The second kappa shape index (κ2) is 8.06. The molecule has 1 saturated heterocycles. The van der Waals surface area contributed by atoms with Gasteiger partial charge in [0.15, 0.2) is 0 Å². The third-order valence-corrected chi connectivity index (χ3v) is 4.66. The third kappa shape index (κ3) is 4.18. The Kier molecular flexibility index (Phi) is 5.57. The van der Waals surface area contributed by atoms with E-state index >= 15 is 0 Å². The highest BCUT2D eigenvalue weighted by molar-refractivity contribution is 5.89. The van der Waals surface area contributed by atoms with E-state index in [9.17, 15) is 14.3 Å². The molecule has 0 saturated carbocycles. The van der Waals surface area contributed by atoms with E-state index < -0.39 is 11.8 Å². The van der Waals surface area contributed by atoms with Crippen molar-refractivity contribution in [3.05, 3.63) is 58.9 Å². The van der Waals surface area contributed by atoms with E-state index in [1.807, 2.05) is 6.07 Å². The molecule has 1 aliphatic heterocycles. The highest BCUT2D eigenvalue weighted by Crippen LogP contribution is 2.29. The molecule has 0 amide bonds. The van der Waals surface area contributed by atoms with Crippen molar-refractivity contribution in [2.45, 2.75) is 6.54 Å². The van der Waals surface area contributed by atoms with Crippen LogP contribution in [0.25, 0.3) is 0 Å². The molecule has 27 heavy (non-hydrogen) atoms. The number of benzene rings is 2. The van der Waals surface area contributed by atoms with Gasteiger partial charge < -0.3 is 14.7 Å². The van der Waals surface area contributed by atoms with E-state index in [-0.39, 0.29) is 11.3 Å². The molecule has 1 fully saturated rings. The summed E-state index contributed by atoms with van der Waals surface area (Å²) in [6.45, 7) is 3.50. The monoisotopic (exact) mass is 369 g/mol. The van der Waals surface area contributed by atoms with Gasteiger partial charge in [-0.15, -0.1) is 0 Å². The predicted molar refractivity (Wildman–Crippen MR) is 98.1 cm³/mol. The molecular weight excluding hydrogens is 349 g/mol. The van der Waals surface area contributed by atoms with Gasteiger partial charge in [-0.2, -0.15) is 5.26 Å². The number of nitriles is 1. The Labute approximate surface area is 157 Å². The number of anilines is 1. The van der Waals surface area contributed by atoms with Crippen molar-refractivity contribution >= 4 is 11.7 Å². The molecule has 1 aliphatic rings. The molecular formula is C20H20FN3O3. The molecule has 0 aromatic heterocycles. The lowest BCUT2D eigenvalue weighted by Crippen LogP contribution is -2.46. The maximum absolute atomic E-state index is 14.1. The van der Waals surface area contributed by atoms with Crippen LogP contribution >= 0.6 is 0 Å². The SMILES string of the molecule is COC(=O)c1ccc(CN2CCN(c3ccc(C#N)cc3O)CC2)cc1F. The van der Waals surface area contributed by atoms with Crippen LogP contribution in [-0.4, -0.2) is 49.3 Å². The fourth-order valence-corrected chi connectivity index (χ4v) is 3.20. The first kappa shape index (κ1) is 18.7. The van der Waals surface area contributed by atoms with Crippen LogP contribution in [0.1, 0.15) is 21.5 Å². The molecule has 0 atom stereocenters. The lowest BCUT2D eigenvalue weighted by Gasteiger charge is -2.36.